The van der Waals surface area contributed by atoms with Gasteiger partial charge in [0.15, 0.2) is 0 Å². The molecule has 0 unspecified atom stereocenters. The van der Waals surface area contributed by atoms with E-state index in [4.69, 9.17) is 4.42 Å². The predicted molar refractivity (Wildman–Crippen MR) is 53.1 cm³/mol. The summed E-state index contributed by atoms with van der Waals surface area (Å²) in [5.41, 5.74) is 0. The number of rotatable bonds is 2. The second kappa shape index (κ2) is 4.09. The Kier molecular flexibility index (Phi) is 2.82. The molecule has 4 heteroatoms. The van der Waals surface area contributed by atoms with Crippen molar-refractivity contribution in [3.8, 4) is 0 Å². The zero-order chi connectivity index (χ0) is 9.97. The number of nitrogens with zero attached hydrogens (tertiary/aromatic N) is 2. The van der Waals surface area contributed by atoms with Crippen LogP contribution in [0.2, 0.25) is 0 Å². The topological polar surface area (TPSA) is 51.0 Å². The van der Waals surface area contributed by atoms with Gasteiger partial charge in [0.05, 0.1) is 5.92 Å². The predicted octanol–water partition coefficient (Wildman–Crippen LogP) is 1.49. The lowest BCUT2D eigenvalue weighted by Crippen LogP contribution is -2.37. The summed E-state index contributed by atoms with van der Waals surface area (Å²) in [4.78, 5) is 0. The SMILES string of the molecule is CCc1nnc([C@H]2CCCN[C@H]2C)o1. The minimum Gasteiger partial charge on any atom is -0.425 e. The number of hydrogen-bond donors (Lipinski definition) is 1. The van der Waals surface area contributed by atoms with Crippen LogP contribution >= 0.6 is 0 Å². The summed E-state index contributed by atoms with van der Waals surface area (Å²) in [6, 6.07) is 0.453. The van der Waals surface area contributed by atoms with Crippen LogP contribution in [0.1, 0.15) is 44.4 Å². The molecule has 1 aromatic heterocycles. The van der Waals surface area contributed by atoms with Crippen molar-refractivity contribution in [3.05, 3.63) is 11.8 Å². The van der Waals surface area contributed by atoms with Crippen molar-refractivity contribution in [1.82, 2.24) is 15.5 Å². The molecule has 1 fully saturated rings. The molecule has 0 radical (unpaired) electrons. The van der Waals surface area contributed by atoms with Crippen molar-refractivity contribution in [3.63, 3.8) is 0 Å². The van der Waals surface area contributed by atoms with Gasteiger partial charge in [-0.15, -0.1) is 10.2 Å². The highest BCUT2D eigenvalue weighted by Crippen LogP contribution is 2.26. The Bertz CT molecular complexity index is 297. The lowest BCUT2D eigenvalue weighted by Gasteiger charge is -2.26. The Morgan fingerprint density at radius 1 is 1.50 bits per heavy atom. The van der Waals surface area contributed by atoms with E-state index in [2.05, 4.69) is 22.4 Å². The van der Waals surface area contributed by atoms with Crippen molar-refractivity contribution < 1.29 is 4.42 Å². The Balaban J connectivity index is 2.12. The average molecular weight is 195 g/mol. The van der Waals surface area contributed by atoms with E-state index in [0.717, 1.165) is 31.2 Å². The first-order chi connectivity index (χ1) is 6.81. The second-order valence-electron chi connectivity index (χ2n) is 3.88. The molecule has 1 aliphatic heterocycles. The maximum atomic E-state index is 5.58. The van der Waals surface area contributed by atoms with Gasteiger partial charge in [-0.2, -0.15) is 0 Å². The molecule has 78 valence electrons. The van der Waals surface area contributed by atoms with Crippen LogP contribution < -0.4 is 5.32 Å². The highest BCUT2D eigenvalue weighted by atomic mass is 16.4. The fourth-order valence-electron chi connectivity index (χ4n) is 1.94. The van der Waals surface area contributed by atoms with Crippen molar-refractivity contribution in [2.24, 2.45) is 0 Å². The van der Waals surface area contributed by atoms with Gasteiger partial charge in [-0.3, -0.25) is 0 Å². The van der Waals surface area contributed by atoms with Crippen LogP contribution in [0.3, 0.4) is 0 Å². The molecule has 2 atom stereocenters. The highest BCUT2D eigenvalue weighted by Gasteiger charge is 2.26. The Morgan fingerprint density at radius 3 is 3.00 bits per heavy atom. The Labute approximate surface area is 84.1 Å². The molecule has 0 bridgehead atoms. The van der Waals surface area contributed by atoms with E-state index in [9.17, 15) is 0 Å². The second-order valence-corrected chi connectivity index (χ2v) is 3.88. The van der Waals surface area contributed by atoms with Crippen molar-refractivity contribution >= 4 is 0 Å². The minimum atomic E-state index is 0.400. The van der Waals surface area contributed by atoms with Crippen LogP contribution in [-0.4, -0.2) is 22.8 Å². The van der Waals surface area contributed by atoms with Crippen LogP contribution in [0.4, 0.5) is 0 Å². The normalized spacial score (nSPS) is 27.9. The fourth-order valence-corrected chi connectivity index (χ4v) is 1.94. The number of aromatic nitrogens is 2. The van der Waals surface area contributed by atoms with Crippen LogP contribution in [0.5, 0.6) is 0 Å². The average Bonchev–Trinajstić information content (AvgIpc) is 2.67. The lowest BCUT2D eigenvalue weighted by molar-refractivity contribution is 0.310. The molecule has 4 nitrogen and oxygen atoms in total. The summed E-state index contributed by atoms with van der Waals surface area (Å²) >= 11 is 0. The molecule has 0 aromatic carbocycles. The van der Waals surface area contributed by atoms with Gasteiger partial charge in [0, 0.05) is 12.5 Å². The van der Waals surface area contributed by atoms with Gasteiger partial charge in [-0.25, -0.2) is 0 Å². The van der Waals surface area contributed by atoms with Crippen LogP contribution in [0, 0.1) is 0 Å². The summed E-state index contributed by atoms with van der Waals surface area (Å²) < 4.78 is 5.58. The number of aryl methyl sites for hydroxylation is 1. The molecule has 2 heterocycles. The Hall–Kier alpha value is -0.900. The first-order valence-electron chi connectivity index (χ1n) is 5.37. The first-order valence-corrected chi connectivity index (χ1v) is 5.37. The van der Waals surface area contributed by atoms with Gasteiger partial charge >= 0.3 is 0 Å². The summed E-state index contributed by atoms with van der Waals surface area (Å²) in [7, 11) is 0. The van der Waals surface area contributed by atoms with Gasteiger partial charge in [0.25, 0.3) is 0 Å². The molecule has 1 aromatic rings. The fraction of sp³-hybridized carbons (Fsp3) is 0.800. The van der Waals surface area contributed by atoms with Gasteiger partial charge in [0.2, 0.25) is 11.8 Å². The molecular weight excluding hydrogens is 178 g/mol. The van der Waals surface area contributed by atoms with E-state index in [-0.39, 0.29) is 0 Å². The third-order valence-corrected chi connectivity index (χ3v) is 2.86. The molecule has 0 amide bonds. The molecular formula is C10H17N3O. The van der Waals surface area contributed by atoms with Crippen molar-refractivity contribution in [2.45, 2.75) is 45.1 Å². The van der Waals surface area contributed by atoms with E-state index in [1.807, 2.05) is 6.92 Å². The van der Waals surface area contributed by atoms with Gasteiger partial charge < -0.3 is 9.73 Å². The number of piperidine rings is 1. The molecule has 1 N–H and O–H groups in total. The maximum Gasteiger partial charge on any atom is 0.221 e. The molecule has 14 heavy (non-hydrogen) atoms. The van der Waals surface area contributed by atoms with E-state index >= 15 is 0 Å². The number of hydrogen-bond acceptors (Lipinski definition) is 4. The summed E-state index contributed by atoms with van der Waals surface area (Å²) in [5.74, 6) is 1.95. The minimum absolute atomic E-state index is 0.400. The zero-order valence-electron chi connectivity index (χ0n) is 8.79. The first kappa shape index (κ1) is 9.65. The third kappa shape index (κ3) is 1.80. The monoisotopic (exact) mass is 195 g/mol. The van der Waals surface area contributed by atoms with Gasteiger partial charge in [-0.1, -0.05) is 6.92 Å². The van der Waals surface area contributed by atoms with Crippen molar-refractivity contribution in [2.75, 3.05) is 6.54 Å². The number of nitrogens with one attached hydrogen (secondary N) is 1. The third-order valence-electron chi connectivity index (χ3n) is 2.86. The maximum absolute atomic E-state index is 5.58. The molecule has 2 rings (SSSR count). The van der Waals surface area contributed by atoms with E-state index in [0.29, 0.717) is 12.0 Å². The zero-order valence-corrected chi connectivity index (χ0v) is 8.79. The van der Waals surface area contributed by atoms with E-state index in [1.165, 1.54) is 6.42 Å². The van der Waals surface area contributed by atoms with Crippen LogP contribution in [-0.2, 0) is 6.42 Å². The quantitative estimate of drug-likeness (QED) is 0.776. The summed E-state index contributed by atoms with van der Waals surface area (Å²) in [6.45, 7) is 5.31. The molecule has 1 saturated heterocycles. The standard InChI is InChI=1S/C10H17N3O/c1-3-9-12-13-10(14-9)8-5-4-6-11-7(8)2/h7-8,11H,3-6H2,1-2H3/t7-,8-/m0/s1. The molecule has 0 aliphatic carbocycles. The molecule has 0 saturated carbocycles. The smallest absolute Gasteiger partial charge is 0.221 e. The van der Waals surface area contributed by atoms with E-state index < -0.39 is 0 Å². The molecule has 1 aliphatic rings. The largest absolute Gasteiger partial charge is 0.425 e. The van der Waals surface area contributed by atoms with Gasteiger partial charge in [-0.05, 0) is 26.3 Å². The van der Waals surface area contributed by atoms with Crippen LogP contribution in [0.25, 0.3) is 0 Å². The lowest BCUT2D eigenvalue weighted by atomic mass is 9.92. The Morgan fingerprint density at radius 2 is 2.36 bits per heavy atom. The van der Waals surface area contributed by atoms with Gasteiger partial charge in [0.1, 0.15) is 0 Å². The highest BCUT2D eigenvalue weighted by molar-refractivity contribution is 4.98. The summed E-state index contributed by atoms with van der Waals surface area (Å²) in [6.07, 6.45) is 3.17. The van der Waals surface area contributed by atoms with E-state index in [1.54, 1.807) is 0 Å². The summed E-state index contributed by atoms with van der Waals surface area (Å²) in [5, 5.41) is 11.5. The van der Waals surface area contributed by atoms with Crippen molar-refractivity contribution in [1.29, 1.82) is 0 Å². The molecule has 0 spiro atoms. The van der Waals surface area contributed by atoms with Crippen LogP contribution in [0.15, 0.2) is 4.42 Å².